The molecule has 0 spiro atoms. The highest BCUT2D eigenvalue weighted by Gasteiger charge is 2.16. The molecule has 0 saturated heterocycles. The van der Waals surface area contributed by atoms with Gasteiger partial charge in [-0.3, -0.25) is 9.52 Å². The van der Waals surface area contributed by atoms with Crippen LogP contribution >= 0.6 is 15.9 Å². The van der Waals surface area contributed by atoms with Crippen molar-refractivity contribution in [1.29, 1.82) is 0 Å². The summed E-state index contributed by atoms with van der Waals surface area (Å²) in [7, 11) is -3.72. The first-order chi connectivity index (χ1) is 9.79. The minimum absolute atomic E-state index is 0.0671. The van der Waals surface area contributed by atoms with E-state index in [4.69, 9.17) is 0 Å². The van der Waals surface area contributed by atoms with Crippen LogP contribution in [0.1, 0.15) is 22.8 Å². The van der Waals surface area contributed by atoms with E-state index in [2.05, 4.69) is 20.7 Å². The van der Waals surface area contributed by atoms with Gasteiger partial charge < -0.3 is 0 Å². The predicted octanol–water partition coefficient (Wildman–Crippen LogP) is 3.76. The van der Waals surface area contributed by atoms with E-state index >= 15 is 0 Å². The Hall–Kier alpha value is -1.66. The molecule has 110 valence electrons. The second-order valence-electron chi connectivity index (χ2n) is 4.65. The highest BCUT2D eigenvalue weighted by molar-refractivity contribution is 9.10. The minimum atomic E-state index is -3.72. The number of aryl methyl sites for hydroxylation is 1. The number of rotatable bonds is 4. The number of hydrogen-bond acceptors (Lipinski definition) is 3. The van der Waals surface area contributed by atoms with E-state index in [-0.39, 0.29) is 10.7 Å². The molecular formula is C15H14BrNO3S. The topological polar surface area (TPSA) is 63.2 Å². The summed E-state index contributed by atoms with van der Waals surface area (Å²) in [6.07, 6.45) is 0. The molecule has 0 aliphatic heterocycles. The number of hydrogen-bond donors (Lipinski definition) is 1. The third-order valence-electron chi connectivity index (χ3n) is 2.98. The number of benzene rings is 2. The van der Waals surface area contributed by atoms with Crippen molar-refractivity contribution in [3.8, 4) is 0 Å². The molecule has 0 saturated carbocycles. The number of nitrogens with one attached hydrogen (secondary N) is 1. The molecule has 2 rings (SSSR count). The molecule has 0 bridgehead atoms. The highest BCUT2D eigenvalue weighted by atomic mass is 79.9. The average molecular weight is 368 g/mol. The van der Waals surface area contributed by atoms with Crippen LogP contribution in [0.15, 0.2) is 51.8 Å². The molecule has 0 fully saturated rings. The quantitative estimate of drug-likeness (QED) is 0.836. The number of anilines is 1. The lowest BCUT2D eigenvalue weighted by Gasteiger charge is -2.11. The fourth-order valence-corrected chi connectivity index (χ4v) is 3.48. The van der Waals surface area contributed by atoms with Crippen molar-refractivity contribution in [1.82, 2.24) is 0 Å². The predicted molar refractivity (Wildman–Crippen MR) is 86.1 cm³/mol. The first-order valence-electron chi connectivity index (χ1n) is 6.19. The Labute approximate surface area is 132 Å². The Balaban J connectivity index is 2.38. The Kier molecular flexibility index (Phi) is 4.49. The van der Waals surface area contributed by atoms with E-state index in [1.807, 2.05) is 13.0 Å². The van der Waals surface area contributed by atoms with Gasteiger partial charge in [0.05, 0.1) is 10.6 Å². The van der Waals surface area contributed by atoms with E-state index in [1.165, 1.54) is 19.1 Å². The summed E-state index contributed by atoms with van der Waals surface area (Å²) >= 11 is 3.33. The fourth-order valence-electron chi connectivity index (χ4n) is 1.83. The number of halogens is 1. The monoisotopic (exact) mass is 367 g/mol. The lowest BCUT2D eigenvalue weighted by molar-refractivity contribution is 0.101. The number of sulfonamides is 1. The summed E-state index contributed by atoms with van der Waals surface area (Å²) in [5.41, 5.74) is 1.67. The summed E-state index contributed by atoms with van der Waals surface area (Å²) in [5, 5.41) is 0. The van der Waals surface area contributed by atoms with Gasteiger partial charge in [-0.1, -0.05) is 28.1 Å². The van der Waals surface area contributed by atoms with Crippen molar-refractivity contribution in [2.75, 3.05) is 4.72 Å². The molecular weight excluding hydrogens is 354 g/mol. The third kappa shape index (κ3) is 3.71. The molecule has 6 heteroatoms. The standard InChI is InChI=1S/C15H14BrNO3S/c1-10-8-13(16)6-7-15(10)17-21(19,20)14-5-3-4-12(9-14)11(2)18/h3-9,17H,1-2H3. The second kappa shape index (κ2) is 5.99. The van der Waals surface area contributed by atoms with Crippen LogP contribution in [-0.2, 0) is 10.0 Å². The zero-order valence-corrected chi connectivity index (χ0v) is 14.0. The fraction of sp³-hybridized carbons (Fsp3) is 0.133. The van der Waals surface area contributed by atoms with Crippen LogP contribution in [0.3, 0.4) is 0 Å². The van der Waals surface area contributed by atoms with Crippen molar-refractivity contribution in [2.24, 2.45) is 0 Å². The number of carbonyl (C=O) groups excluding carboxylic acids is 1. The van der Waals surface area contributed by atoms with Gasteiger partial charge in [-0.2, -0.15) is 0 Å². The van der Waals surface area contributed by atoms with E-state index < -0.39 is 10.0 Å². The van der Waals surface area contributed by atoms with Crippen LogP contribution in [0.4, 0.5) is 5.69 Å². The molecule has 0 heterocycles. The van der Waals surface area contributed by atoms with Gasteiger partial charge in [0.1, 0.15) is 0 Å². The SMILES string of the molecule is CC(=O)c1cccc(S(=O)(=O)Nc2ccc(Br)cc2C)c1. The number of carbonyl (C=O) groups is 1. The third-order valence-corrected chi connectivity index (χ3v) is 4.84. The molecule has 21 heavy (non-hydrogen) atoms. The molecule has 4 nitrogen and oxygen atoms in total. The van der Waals surface area contributed by atoms with Crippen molar-refractivity contribution < 1.29 is 13.2 Å². The van der Waals surface area contributed by atoms with Gasteiger partial charge in [0.25, 0.3) is 10.0 Å². The molecule has 0 aromatic heterocycles. The van der Waals surface area contributed by atoms with Crippen LogP contribution in [-0.4, -0.2) is 14.2 Å². The Morgan fingerprint density at radius 3 is 2.48 bits per heavy atom. The molecule has 0 unspecified atom stereocenters. The van der Waals surface area contributed by atoms with Gasteiger partial charge in [-0.05, 0) is 49.7 Å². The maximum atomic E-state index is 12.4. The molecule has 0 radical (unpaired) electrons. The first kappa shape index (κ1) is 15.7. The summed E-state index contributed by atoms with van der Waals surface area (Å²) in [6, 6.07) is 11.3. The lowest BCUT2D eigenvalue weighted by atomic mass is 10.2. The van der Waals surface area contributed by atoms with E-state index in [0.717, 1.165) is 10.0 Å². The minimum Gasteiger partial charge on any atom is -0.295 e. The van der Waals surface area contributed by atoms with Crippen LogP contribution in [0.5, 0.6) is 0 Å². The van der Waals surface area contributed by atoms with Gasteiger partial charge in [0.15, 0.2) is 5.78 Å². The van der Waals surface area contributed by atoms with E-state index in [9.17, 15) is 13.2 Å². The molecule has 0 aliphatic rings. The summed E-state index contributed by atoms with van der Waals surface area (Å²) < 4.78 is 28.2. The van der Waals surface area contributed by atoms with Crippen molar-refractivity contribution in [3.63, 3.8) is 0 Å². The zero-order chi connectivity index (χ0) is 15.6. The Bertz CT molecular complexity index is 800. The van der Waals surface area contributed by atoms with Gasteiger partial charge >= 0.3 is 0 Å². The lowest BCUT2D eigenvalue weighted by Crippen LogP contribution is -2.14. The van der Waals surface area contributed by atoms with Gasteiger partial charge in [0, 0.05) is 10.0 Å². The van der Waals surface area contributed by atoms with Crippen LogP contribution in [0.25, 0.3) is 0 Å². The van der Waals surface area contributed by atoms with Crippen molar-refractivity contribution in [2.45, 2.75) is 18.7 Å². The first-order valence-corrected chi connectivity index (χ1v) is 8.47. The summed E-state index contributed by atoms with van der Waals surface area (Å²) in [5.74, 6) is -0.174. The van der Waals surface area contributed by atoms with Crippen LogP contribution < -0.4 is 4.72 Å². The molecule has 2 aromatic carbocycles. The van der Waals surface area contributed by atoms with Gasteiger partial charge in [-0.25, -0.2) is 8.42 Å². The van der Waals surface area contributed by atoms with Crippen molar-refractivity contribution in [3.05, 3.63) is 58.1 Å². The number of Topliss-reactive ketones (excluding diaryl/α,β-unsaturated/α-hetero) is 1. The Morgan fingerprint density at radius 2 is 1.86 bits per heavy atom. The maximum Gasteiger partial charge on any atom is 0.261 e. The summed E-state index contributed by atoms with van der Waals surface area (Å²) in [6.45, 7) is 3.21. The van der Waals surface area contributed by atoms with E-state index in [0.29, 0.717) is 11.3 Å². The second-order valence-corrected chi connectivity index (χ2v) is 7.25. The molecule has 1 N–H and O–H groups in total. The van der Waals surface area contributed by atoms with Gasteiger partial charge in [-0.15, -0.1) is 0 Å². The zero-order valence-electron chi connectivity index (χ0n) is 11.6. The molecule has 0 aliphatic carbocycles. The smallest absolute Gasteiger partial charge is 0.261 e. The van der Waals surface area contributed by atoms with Crippen LogP contribution in [0.2, 0.25) is 0 Å². The average Bonchev–Trinajstić information content (AvgIpc) is 2.42. The maximum absolute atomic E-state index is 12.4. The Morgan fingerprint density at radius 1 is 1.14 bits per heavy atom. The molecule has 0 amide bonds. The molecule has 2 aromatic rings. The van der Waals surface area contributed by atoms with Crippen molar-refractivity contribution >= 4 is 37.4 Å². The number of ketones is 1. The highest BCUT2D eigenvalue weighted by Crippen LogP contribution is 2.23. The summed E-state index contributed by atoms with van der Waals surface area (Å²) in [4.78, 5) is 11.4. The van der Waals surface area contributed by atoms with Gasteiger partial charge in [0.2, 0.25) is 0 Å². The molecule has 0 atom stereocenters. The van der Waals surface area contributed by atoms with E-state index in [1.54, 1.807) is 24.3 Å². The van der Waals surface area contributed by atoms with Crippen LogP contribution in [0, 0.1) is 6.92 Å². The normalized spacial score (nSPS) is 11.2. The largest absolute Gasteiger partial charge is 0.295 e.